The zero-order valence-corrected chi connectivity index (χ0v) is 18.3. The Morgan fingerprint density at radius 3 is 2.65 bits per heavy atom. The number of pyridine rings is 1. The minimum Gasteiger partial charge on any atom is -0.489 e. The van der Waals surface area contributed by atoms with Crippen molar-refractivity contribution in [3.05, 3.63) is 59.4 Å². The highest BCUT2D eigenvalue weighted by molar-refractivity contribution is 6.30. The first-order valence-electron chi connectivity index (χ1n) is 10.9. The first-order chi connectivity index (χ1) is 15.0. The van der Waals surface area contributed by atoms with E-state index in [1.807, 2.05) is 41.3 Å². The highest BCUT2D eigenvalue weighted by Gasteiger charge is 2.38. The second-order valence-electron chi connectivity index (χ2n) is 8.52. The molecule has 0 unspecified atom stereocenters. The first-order valence-corrected chi connectivity index (χ1v) is 11.3. The standard InChI is InChI=1S/C24H28ClN3O3/c25-19-5-3-18(4-6-19)16-24(11-7-22(29)27-24)12-8-23(30)28-14-9-20(10-15-28)31-21-2-1-13-26-17-21/h1-6,13,17,20H,7-12,14-16H2,(H,27,29)/t24-/m0/s1. The van der Waals surface area contributed by atoms with Gasteiger partial charge in [-0.2, -0.15) is 0 Å². The van der Waals surface area contributed by atoms with Gasteiger partial charge in [0.2, 0.25) is 11.8 Å². The minimum absolute atomic E-state index is 0.0646. The molecule has 31 heavy (non-hydrogen) atoms. The Hall–Kier alpha value is -2.60. The third-order valence-corrected chi connectivity index (χ3v) is 6.49. The van der Waals surface area contributed by atoms with E-state index >= 15 is 0 Å². The molecule has 7 heteroatoms. The Bertz CT molecular complexity index is 898. The molecule has 2 aliphatic heterocycles. The lowest BCUT2D eigenvalue weighted by molar-refractivity contribution is -0.133. The Morgan fingerprint density at radius 2 is 2.00 bits per heavy atom. The van der Waals surface area contributed by atoms with Crippen LogP contribution >= 0.6 is 11.6 Å². The fourth-order valence-corrected chi connectivity index (χ4v) is 4.64. The van der Waals surface area contributed by atoms with Crippen molar-refractivity contribution in [3.8, 4) is 5.75 Å². The molecule has 2 aromatic rings. The van der Waals surface area contributed by atoms with Crippen LogP contribution in [0.3, 0.4) is 0 Å². The Morgan fingerprint density at radius 1 is 1.23 bits per heavy atom. The van der Waals surface area contributed by atoms with E-state index in [-0.39, 0.29) is 23.5 Å². The van der Waals surface area contributed by atoms with Gasteiger partial charge in [0, 0.05) is 55.5 Å². The lowest BCUT2D eigenvalue weighted by Gasteiger charge is -2.34. The molecule has 0 saturated carbocycles. The number of rotatable bonds is 7. The Kier molecular flexibility index (Phi) is 6.76. The highest BCUT2D eigenvalue weighted by atomic mass is 35.5. The number of hydrogen-bond donors (Lipinski definition) is 1. The number of carbonyl (C=O) groups is 2. The van der Waals surface area contributed by atoms with Crippen LogP contribution in [0, 0.1) is 0 Å². The van der Waals surface area contributed by atoms with Crippen molar-refractivity contribution in [1.82, 2.24) is 15.2 Å². The van der Waals surface area contributed by atoms with Crippen LogP contribution in [0.5, 0.6) is 5.75 Å². The van der Waals surface area contributed by atoms with Gasteiger partial charge < -0.3 is 15.0 Å². The van der Waals surface area contributed by atoms with E-state index in [4.69, 9.17) is 16.3 Å². The van der Waals surface area contributed by atoms with Gasteiger partial charge in [0.25, 0.3) is 0 Å². The number of halogens is 1. The molecule has 4 rings (SSSR count). The molecule has 2 saturated heterocycles. The van der Waals surface area contributed by atoms with Crippen molar-refractivity contribution in [1.29, 1.82) is 0 Å². The number of benzene rings is 1. The van der Waals surface area contributed by atoms with Gasteiger partial charge in [-0.1, -0.05) is 23.7 Å². The number of amides is 2. The van der Waals surface area contributed by atoms with E-state index in [0.717, 1.165) is 30.6 Å². The topological polar surface area (TPSA) is 71.5 Å². The van der Waals surface area contributed by atoms with E-state index in [2.05, 4.69) is 10.3 Å². The fraction of sp³-hybridized carbons (Fsp3) is 0.458. The molecule has 164 valence electrons. The van der Waals surface area contributed by atoms with Gasteiger partial charge in [0.15, 0.2) is 0 Å². The molecule has 0 spiro atoms. The number of nitrogens with zero attached hydrogens (tertiary/aromatic N) is 2. The number of carbonyl (C=O) groups excluding carboxylic acids is 2. The van der Waals surface area contributed by atoms with Crippen LogP contribution in [0.15, 0.2) is 48.8 Å². The van der Waals surface area contributed by atoms with Crippen LogP contribution in [-0.4, -0.2) is 46.4 Å². The first kappa shape index (κ1) is 21.6. The maximum atomic E-state index is 12.9. The maximum Gasteiger partial charge on any atom is 0.222 e. The van der Waals surface area contributed by atoms with Crippen LogP contribution in [0.2, 0.25) is 5.02 Å². The van der Waals surface area contributed by atoms with Crippen molar-refractivity contribution in [2.45, 2.75) is 56.6 Å². The largest absolute Gasteiger partial charge is 0.489 e. The number of aromatic nitrogens is 1. The molecule has 0 aliphatic carbocycles. The highest BCUT2D eigenvalue weighted by Crippen LogP contribution is 2.30. The van der Waals surface area contributed by atoms with Gasteiger partial charge in [0.1, 0.15) is 11.9 Å². The molecule has 1 aromatic carbocycles. The number of ether oxygens (including phenoxy) is 1. The number of piperidine rings is 1. The van der Waals surface area contributed by atoms with Gasteiger partial charge >= 0.3 is 0 Å². The quantitative estimate of drug-likeness (QED) is 0.709. The van der Waals surface area contributed by atoms with Crippen LogP contribution < -0.4 is 10.1 Å². The van der Waals surface area contributed by atoms with Crippen molar-refractivity contribution >= 4 is 23.4 Å². The molecule has 2 amide bonds. The lowest BCUT2D eigenvalue weighted by atomic mass is 9.85. The second kappa shape index (κ2) is 9.69. The molecular formula is C24H28ClN3O3. The smallest absolute Gasteiger partial charge is 0.222 e. The summed E-state index contributed by atoms with van der Waals surface area (Å²) in [6.07, 6.45) is 8.23. The predicted molar refractivity (Wildman–Crippen MR) is 119 cm³/mol. The molecule has 0 bridgehead atoms. The summed E-state index contributed by atoms with van der Waals surface area (Å²) >= 11 is 6.00. The summed E-state index contributed by atoms with van der Waals surface area (Å²) < 4.78 is 5.97. The zero-order chi connectivity index (χ0) is 21.7. The Labute approximate surface area is 187 Å². The predicted octanol–water partition coefficient (Wildman–Crippen LogP) is 3.78. The van der Waals surface area contributed by atoms with Gasteiger partial charge in [-0.15, -0.1) is 0 Å². The summed E-state index contributed by atoms with van der Waals surface area (Å²) in [5.41, 5.74) is 0.759. The van der Waals surface area contributed by atoms with Crippen molar-refractivity contribution in [2.75, 3.05) is 13.1 Å². The molecule has 1 N–H and O–H groups in total. The van der Waals surface area contributed by atoms with Gasteiger partial charge in [0.05, 0.1) is 6.20 Å². The molecule has 2 fully saturated rings. The minimum atomic E-state index is -0.359. The summed E-state index contributed by atoms with van der Waals surface area (Å²) in [5, 5.41) is 3.85. The summed E-state index contributed by atoms with van der Waals surface area (Å²) in [6, 6.07) is 11.5. The summed E-state index contributed by atoms with van der Waals surface area (Å²) in [7, 11) is 0. The van der Waals surface area contributed by atoms with E-state index in [1.165, 1.54) is 0 Å². The third kappa shape index (κ3) is 5.76. The molecule has 6 nitrogen and oxygen atoms in total. The normalized spacial score (nSPS) is 21.7. The SMILES string of the molecule is O=C1CC[C@](CCC(=O)N2CCC(Oc3cccnc3)CC2)(Cc2ccc(Cl)cc2)N1. The zero-order valence-electron chi connectivity index (χ0n) is 17.6. The lowest BCUT2D eigenvalue weighted by Crippen LogP contribution is -2.46. The van der Waals surface area contributed by atoms with Crippen LogP contribution in [0.1, 0.15) is 44.1 Å². The molecule has 1 aromatic heterocycles. The van der Waals surface area contributed by atoms with Gasteiger partial charge in [-0.05, 0) is 49.1 Å². The summed E-state index contributed by atoms with van der Waals surface area (Å²) in [4.78, 5) is 30.9. The van der Waals surface area contributed by atoms with Crippen molar-refractivity contribution in [2.24, 2.45) is 0 Å². The van der Waals surface area contributed by atoms with E-state index in [0.29, 0.717) is 43.8 Å². The number of likely N-dealkylation sites (tertiary alicyclic amines) is 1. The van der Waals surface area contributed by atoms with Crippen LogP contribution in [0.4, 0.5) is 0 Å². The van der Waals surface area contributed by atoms with E-state index in [1.54, 1.807) is 12.4 Å². The summed E-state index contributed by atoms with van der Waals surface area (Å²) in [5.74, 6) is 0.986. The van der Waals surface area contributed by atoms with Crippen LogP contribution in [-0.2, 0) is 16.0 Å². The van der Waals surface area contributed by atoms with Gasteiger partial charge in [-0.25, -0.2) is 0 Å². The third-order valence-electron chi connectivity index (χ3n) is 6.24. The molecular weight excluding hydrogens is 414 g/mol. The average molecular weight is 442 g/mol. The molecule has 3 heterocycles. The van der Waals surface area contributed by atoms with E-state index < -0.39 is 0 Å². The maximum absolute atomic E-state index is 12.9. The number of hydrogen-bond acceptors (Lipinski definition) is 4. The van der Waals surface area contributed by atoms with Crippen molar-refractivity contribution < 1.29 is 14.3 Å². The monoisotopic (exact) mass is 441 g/mol. The fourth-order valence-electron chi connectivity index (χ4n) is 4.51. The molecule has 0 radical (unpaired) electrons. The summed E-state index contributed by atoms with van der Waals surface area (Å²) in [6.45, 7) is 1.39. The second-order valence-corrected chi connectivity index (χ2v) is 8.95. The Balaban J connectivity index is 1.29. The molecule has 2 aliphatic rings. The van der Waals surface area contributed by atoms with Gasteiger partial charge in [-0.3, -0.25) is 14.6 Å². The van der Waals surface area contributed by atoms with Crippen molar-refractivity contribution in [3.63, 3.8) is 0 Å². The van der Waals surface area contributed by atoms with Crippen LogP contribution in [0.25, 0.3) is 0 Å². The number of nitrogens with one attached hydrogen (secondary N) is 1. The molecule has 1 atom stereocenters. The average Bonchev–Trinajstić information content (AvgIpc) is 3.15. The van der Waals surface area contributed by atoms with E-state index in [9.17, 15) is 9.59 Å².